The average Bonchev–Trinajstić information content (AvgIpc) is 2.68. The molecule has 0 radical (unpaired) electrons. The van der Waals surface area contributed by atoms with E-state index >= 15 is 0 Å². The maximum Gasteiger partial charge on any atom is 0.224 e. The number of piperidine rings is 1. The van der Waals surface area contributed by atoms with Crippen molar-refractivity contribution in [3.63, 3.8) is 0 Å². The third kappa shape index (κ3) is 7.09. The molecule has 2 atom stereocenters. The van der Waals surface area contributed by atoms with E-state index < -0.39 is 0 Å². The summed E-state index contributed by atoms with van der Waals surface area (Å²) in [6.07, 6.45) is 1.01. The molecule has 1 aromatic rings. The average molecular weight is 401 g/mol. The molecule has 1 amide bonds. The van der Waals surface area contributed by atoms with Crippen LogP contribution in [-0.2, 0) is 11.3 Å². The number of benzene rings is 1. The Morgan fingerprint density at radius 2 is 1.76 bits per heavy atom. The molecule has 2 fully saturated rings. The molecule has 2 aliphatic rings. The van der Waals surface area contributed by atoms with Gasteiger partial charge in [-0.15, -0.1) is 0 Å². The van der Waals surface area contributed by atoms with E-state index in [1.807, 2.05) is 0 Å². The van der Waals surface area contributed by atoms with Crippen LogP contribution >= 0.6 is 0 Å². The van der Waals surface area contributed by atoms with Crippen molar-refractivity contribution in [1.29, 1.82) is 0 Å². The first kappa shape index (κ1) is 22.3. The van der Waals surface area contributed by atoms with Gasteiger partial charge in [0.1, 0.15) is 0 Å². The number of carbonyl (C=O) groups is 1. The van der Waals surface area contributed by atoms with Crippen LogP contribution in [0.4, 0.5) is 0 Å². The molecule has 2 heterocycles. The lowest BCUT2D eigenvalue weighted by Crippen LogP contribution is -2.52. The van der Waals surface area contributed by atoms with Gasteiger partial charge in [-0.2, -0.15) is 0 Å². The molecular weight excluding hydrogens is 360 g/mol. The number of hydrogen-bond donors (Lipinski definition) is 1. The van der Waals surface area contributed by atoms with Gasteiger partial charge in [0.25, 0.3) is 0 Å². The number of piperazine rings is 1. The van der Waals surface area contributed by atoms with Crippen LogP contribution in [0.25, 0.3) is 0 Å². The third-order valence-corrected chi connectivity index (χ3v) is 6.31. The van der Waals surface area contributed by atoms with Gasteiger partial charge in [0, 0.05) is 58.9 Å². The van der Waals surface area contributed by atoms with Crippen LogP contribution in [0.3, 0.4) is 0 Å². The molecule has 5 heteroatoms. The summed E-state index contributed by atoms with van der Waals surface area (Å²) >= 11 is 0. The quantitative estimate of drug-likeness (QED) is 0.763. The van der Waals surface area contributed by atoms with E-state index in [2.05, 4.69) is 72.1 Å². The summed E-state index contributed by atoms with van der Waals surface area (Å²) in [6, 6.07) is 8.44. The number of nitrogens with one attached hydrogen (secondary N) is 1. The Labute approximate surface area is 177 Å². The van der Waals surface area contributed by atoms with Gasteiger partial charge in [-0.05, 0) is 37.8 Å². The van der Waals surface area contributed by atoms with Crippen molar-refractivity contribution in [2.75, 3.05) is 59.4 Å². The van der Waals surface area contributed by atoms with Crippen molar-refractivity contribution in [1.82, 2.24) is 20.0 Å². The predicted molar refractivity (Wildman–Crippen MR) is 120 cm³/mol. The number of amides is 1. The largest absolute Gasteiger partial charge is 0.352 e. The molecule has 0 unspecified atom stereocenters. The Morgan fingerprint density at radius 1 is 1.07 bits per heavy atom. The van der Waals surface area contributed by atoms with Gasteiger partial charge in [-0.1, -0.05) is 43.7 Å². The predicted octanol–water partition coefficient (Wildman–Crippen LogP) is 2.45. The maximum atomic E-state index is 13.0. The lowest BCUT2D eigenvalue weighted by Gasteiger charge is -2.41. The fraction of sp³-hybridized carbons (Fsp3) is 0.708. The van der Waals surface area contributed by atoms with Gasteiger partial charge in [0.15, 0.2) is 0 Å². The minimum atomic E-state index is 0.102. The first-order valence-corrected chi connectivity index (χ1v) is 11.4. The Balaban J connectivity index is 1.56. The highest BCUT2D eigenvalue weighted by molar-refractivity contribution is 5.79. The van der Waals surface area contributed by atoms with Crippen LogP contribution in [-0.4, -0.2) is 80.0 Å². The zero-order valence-corrected chi connectivity index (χ0v) is 18.9. The van der Waals surface area contributed by atoms with E-state index in [1.54, 1.807) is 0 Å². The van der Waals surface area contributed by atoms with Crippen molar-refractivity contribution >= 4 is 5.91 Å². The molecule has 3 rings (SSSR count). The zero-order chi connectivity index (χ0) is 20.8. The molecule has 2 aliphatic heterocycles. The minimum Gasteiger partial charge on any atom is -0.352 e. The van der Waals surface area contributed by atoms with Crippen molar-refractivity contribution < 1.29 is 4.79 Å². The summed E-state index contributed by atoms with van der Waals surface area (Å²) in [7, 11) is 2.21. The van der Waals surface area contributed by atoms with Crippen LogP contribution in [0.1, 0.15) is 31.4 Å². The van der Waals surface area contributed by atoms with Gasteiger partial charge in [0.2, 0.25) is 5.91 Å². The van der Waals surface area contributed by atoms with E-state index in [1.165, 1.54) is 11.1 Å². The van der Waals surface area contributed by atoms with Gasteiger partial charge < -0.3 is 20.0 Å². The van der Waals surface area contributed by atoms with E-state index in [4.69, 9.17) is 0 Å². The summed E-state index contributed by atoms with van der Waals surface area (Å²) < 4.78 is 0. The first-order chi connectivity index (χ1) is 13.9. The molecule has 0 aliphatic carbocycles. The molecule has 0 bridgehead atoms. The molecule has 0 saturated carbocycles. The molecule has 1 N–H and O–H groups in total. The Bertz CT molecular complexity index is 637. The Kier molecular flexibility index (Phi) is 8.10. The lowest BCUT2D eigenvalue weighted by atomic mass is 9.87. The SMILES string of the molecule is Cc1ccc(CNC(=O)[C@@H]2C[C@H](CN3CCN(C)CC3)CN(CC(C)C)C2)cc1. The van der Waals surface area contributed by atoms with Gasteiger partial charge in [0.05, 0.1) is 5.92 Å². The number of likely N-dealkylation sites (tertiary alicyclic amines) is 1. The fourth-order valence-corrected chi connectivity index (χ4v) is 4.73. The maximum absolute atomic E-state index is 13.0. The summed E-state index contributed by atoms with van der Waals surface area (Å²) in [5.41, 5.74) is 2.43. The monoisotopic (exact) mass is 400 g/mol. The van der Waals surface area contributed by atoms with Crippen molar-refractivity contribution in [3.05, 3.63) is 35.4 Å². The number of rotatable bonds is 7. The molecule has 1 aromatic carbocycles. The van der Waals surface area contributed by atoms with Crippen LogP contribution in [0.15, 0.2) is 24.3 Å². The van der Waals surface area contributed by atoms with Gasteiger partial charge in [-0.3, -0.25) is 4.79 Å². The van der Waals surface area contributed by atoms with Crippen LogP contribution < -0.4 is 5.32 Å². The summed E-state index contributed by atoms with van der Waals surface area (Å²) in [4.78, 5) is 20.5. The highest BCUT2D eigenvalue weighted by Gasteiger charge is 2.33. The number of aryl methyl sites for hydroxylation is 1. The second-order valence-electron chi connectivity index (χ2n) is 9.72. The fourth-order valence-electron chi connectivity index (χ4n) is 4.73. The minimum absolute atomic E-state index is 0.102. The third-order valence-electron chi connectivity index (χ3n) is 6.31. The van der Waals surface area contributed by atoms with Crippen molar-refractivity contribution in [3.8, 4) is 0 Å². The highest BCUT2D eigenvalue weighted by atomic mass is 16.1. The van der Waals surface area contributed by atoms with E-state index in [-0.39, 0.29) is 11.8 Å². The van der Waals surface area contributed by atoms with Crippen LogP contribution in [0.5, 0.6) is 0 Å². The van der Waals surface area contributed by atoms with Crippen molar-refractivity contribution in [2.24, 2.45) is 17.8 Å². The molecule has 0 aromatic heterocycles. The molecule has 2 saturated heterocycles. The van der Waals surface area contributed by atoms with E-state index in [0.29, 0.717) is 18.4 Å². The number of hydrogen-bond acceptors (Lipinski definition) is 4. The summed E-state index contributed by atoms with van der Waals surface area (Å²) in [5.74, 6) is 1.54. The topological polar surface area (TPSA) is 38.8 Å². The molecule has 29 heavy (non-hydrogen) atoms. The summed E-state index contributed by atoms with van der Waals surface area (Å²) in [6.45, 7) is 16.1. The molecular formula is C24H40N4O. The van der Waals surface area contributed by atoms with Crippen molar-refractivity contribution in [2.45, 2.75) is 33.7 Å². The number of carbonyl (C=O) groups excluding carboxylic acids is 1. The Morgan fingerprint density at radius 3 is 2.41 bits per heavy atom. The number of nitrogens with zero attached hydrogens (tertiary/aromatic N) is 3. The van der Waals surface area contributed by atoms with Crippen LogP contribution in [0, 0.1) is 24.7 Å². The standard InChI is InChI=1S/C24H40N4O/c1-19(2)15-28-17-22(16-27-11-9-26(4)10-12-27)13-23(18-28)24(29)25-14-21-7-5-20(3)6-8-21/h5-8,19,22-23H,9-18H2,1-4H3,(H,25,29)/t22-,23-/m1/s1. The normalized spacial score (nSPS) is 24.7. The Hall–Kier alpha value is -1.43. The van der Waals surface area contributed by atoms with E-state index in [9.17, 15) is 4.79 Å². The first-order valence-electron chi connectivity index (χ1n) is 11.4. The van der Waals surface area contributed by atoms with Gasteiger partial charge >= 0.3 is 0 Å². The zero-order valence-electron chi connectivity index (χ0n) is 18.9. The number of likely N-dealkylation sites (N-methyl/N-ethyl adjacent to an activating group) is 1. The smallest absolute Gasteiger partial charge is 0.224 e. The second-order valence-corrected chi connectivity index (χ2v) is 9.72. The van der Waals surface area contributed by atoms with Crippen LogP contribution in [0.2, 0.25) is 0 Å². The lowest BCUT2D eigenvalue weighted by molar-refractivity contribution is -0.128. The molecule has 162 valence electrons. The molecule has 5 nitrogen and oxygen atoms in total. The molecule has 0 spiro atoms. The second kappa shape index (κ2) is 10.6. The summed E-state index contributed by atoms with van der Waals surface area (Å²) in [5, 5.41) is 3.21. The van der Waals surface area contributed by atoms with E-state index in [0.717, 1.165) is 58.8 Å². The highest BCUT2D eigenvalue weighted by Crippen LogP contribution is 2.24. The van der Waals surface area contributed by atoms with Gasteiger partial charge in [-0.25, -0.2) is 0 Å².